The van der Waals surface area contributed by atoms with Crippen LogP contribution in [0.4, 0.5) is 0 Å². The SMILES string of the molecule is C.[2H]/C(=C(/[2H])C([2H])([2H])O)C([2H])([2H])O.[2H]C([2H])=C([2H])C([2H])([2H])O. The summed E-state index contributed by atoms with van der Waals surface area (Å²) in [5, 5.41) is 25.3. The summed E-state index contributed by atoms with van der Waals surface area (Å²) in [5.41, 5.74) is 0. The van der Waals surface area contributed by atoms with Crippen LogP contribution in [0.2, 0.25) is 0 Å². The van der Waals surface area contributed by atoms with E-state index in [2.05, 4.69) is 0 Å². The monoisotopic (exact) mass is 173 g/mol. The Kier molecular flexibility index (Phi) is 5.57. The third-order valence-electron chi connectivity index (χ3n) is 0.230. The van der Waals surface area contributed by atoms with Gasteiger partial charge in [-0.3, -0.25) is 0 Å². The third-order valence-corrected chi connectivity index (χ3v) is 0.230. The van der Waals surface area contributed by atoms with Crippen LogP contribution in [0.25, 0.3) is 0 Å². The van der Waals surface area contributed by atoms with Gasteiger partial charge in [-0.15, -0.1) is 6.53 Å². The Morgan fingerprint density at radius 3 is 1.82 bits per heavy atom. The molecule has 0 heterocycles. The van der Waals surface area contributed by atoms with Crippen molar-refractivity contribution in [2.45, 2.75) is 7.43 Å². The van der Waals surface area contributed by atoms with E-state index < -0.39 is 44.4 Å². The fourth-order valence-electron chi connectivity index (χ4n) is 0.0559. The van der Waals surface area contributed by atoms with Crippen molar-refractivity contribution in [3.8, 4) is 0 Å². The Bertz CT molecular complexity index is 387. The lowest BCUT2D eigenvalue weighted by Gasteiger charge is -1.73. The Morgan fingerprint density at radius 1 is 1.27 bits per heavy atom. The molecule has 0 atom stereocenters. The van der Waals surface area contributed by atoms with Crippen LogP contribution in [-0.2, 0) is 0 Å². The zero-order valence-corrected chi connectivity index (χ0v) is 4.84. The summed E-state index contributed by atoms with van der Waals surface area (Å²) in [6, 6.07) is -3.62. The van der Waals surface area contributed by atoms with Crippen LogP contribution < -0.4 is 0 Å². The van der Waals surface area contributed by atoms with Gasteiger partial charge in [-0.05, 0) is 0 Å². The standard InChI is InChI=1S/C4H8O2.C3H6O.CH4/c5-3-1-2-4-6;1-2-3-4;/h1-2,5-6H,3-4H2;2,4H,1,3H2;1H4/b2-1+;;/i1D,2D,3D2,4D2;1D2,2D,3D2;. The van der Waals surface area contributed by atoms with Crippen LogP contribution >= 0.6 is 0 Å². The molecule has 0 unspecified atom stereocenters. The van der Waals surface area contributed by atoms with Gasteiger partial charge < -0.3 is 15.3 Å². The van der Waals surface area contributed by atoms with Crippen molar-refractivity contribution in [3.63, 3.8) is 0 Å². The van der Waals surface area contributed by atoms with Gasteiger partial charge in [-0.2, -0.15) is 0 Å². The van der Waals surface area contributed by atoms with Gasteiger partial charge in [0.1, 0.15) is 0 Å². The molecule has 0 aromatic heterocycles. The molecule has 0 amide bonds. The van der Waals surface area contributed by atoms with Crippen molar-refractivity contribution in [1.82, 2.24) is 0 Å². The van der Waals surface area contributed by atoms with Crippen molar-refractivity contribution in [2.24, 2.45) is 0 Å². The Labute approximate surface area is 83.8 Å². The van der Waals surface area contributed by atoms with E-state index in [1.165, 1.54) is 0 Å². The average Bonchev–Trinajstić information content (AvgIpc) is 2.22. The third kappa shape index (κ3) is 44.9. The van der Waals surface area contributed by atoms with Crippen molar-refractivity contribution < 1.29 is 30.4 Å². The quantitative estimate of drug-likeness (QED) is 0.539. The predicted octanol–water partition coefficient (Wildman–Crippen LogP) is 0.328. The van der Waals surface area contributed by atoms with Crippen molar-refractivity contribution in [3.05, 3.63) is 24.7 Å². The molecule has 11 heavy (non-hydrogen) atoms. The molecule has 0 radical (unpaired) electrons. The van der Waals surface area contributed by atoms with Crippen LogP contribution in [0, 0.1) is 0 Å². The first-order valence-electron chi connectivity index (χ1n) is 7.42. The topological polar surface area (TPSA) is 60.7 Å². The predicted molar refractivity (Wildman–Crippen MR) is 47.3 cm³/mol. The van der Waals surface area contributed by atoms with Crippen LogP contribution in [-0.4, -0.2) is 35.0 Å². The smallest absolute Gasteiger partial charge is 0.0613 e. The molecule has 0 aromatic rings. The zero-order valence-electron chi connectivity index (χ0n) is 15.8. The maximum absolute atomic E-state index is 8.51. The lowest BCUT2D eigenvalue weighted by atomic mass is 10.5. The molecule has 0 fully saturated rings. The van der Waals surface area contributed by atoms with Gasteiger partial charge in [-0.1, -0.05) is 25.6 Å². The van der Waals surface area contributed by atoms with Gasteiger partial charge in [0.2, 0.25) is 0 Å². The highest BCUT2D eigenvalue weighted by atomic mass is 16.3. The summed E-state index contributed by atoms with van der Waals surface area (Å²) < 4.78 is 71.8. The van der Waals surface area contributed by atoms with Gasteiger partial charge in [-0.25, -0.2) is 0 Å². The van der Waals surface area contributed by atoms with E-state index in [4.69, 9.17) is 30.4 Å². The highest BCUT2D eigenvalue weighted by molar-refractivity contribution is 4.78. The first-order chi connectivity index (χ1) is 8.92. The Balaban J connectivity index is -0.000000326. The summed E-state index contributed by atoms with van der Waals surface area (Å²) in [4.78, 5) is 0. The van der Waals surface area contributed by atoms with Crippen molar-refractivity contribution in [2.75, 3.05) is 19.7 Å². The van der Waals surface area contributed by atoms with E-state index in [0.717, 1.165) is 0 Å². The fraction of sp³-hybridized carbons (Fsp3) is 0.500. The molecule has 0 saturated heterocycles. The highest BCUT2D eigenvalue weighted by Gasteiger charge is 1.61. The van der Waals surface area contributed by atoms with E-state index >= 15 is 0 Å². The van der Waals surface area contributed by atoms with E-state index in [9.17, 15) is 0 Å². The van der Waals surface area contributed by atoms with Crippen LogP contribution in [0.1, 0.15) is 22.5 Å². The maximum Gasteiger partial charge on any atom is 0.0613 e. The molecular formula is C8H18O3. The first-order valence-corrected chi connectivity index (χ1v) is 1.92. The number of aliphatic hydroxyl groups is 3. The second-order valence-corrected chi connectivity index (χ2v) is 0.710. The molecule has 0 spiro atoms. The summed E-state index contributed by atoms with van der Waals surface area (Å²) >= 11 is 0. The summed E-state index contributed by atoms with van der Waals surface area (Å²) in [7, 11) is 0. The number of hydrogen-bond donors (Lipinski definition) is 3. The van der Waals surface area contributed by atoms with Gasteiger partial charge in [0, 0.05) is 0 Å². The lowest BCUT2D eigenvalue weighted by Crippen LogP contribution is -1.74. The normalized spacial score (nSPS) is 27.7. The number of hydrogen-bond acceptors (Lipinski definition) is 3. The lowest BCUT2D eigenvalue weighted by molar-refractivity contribution is 0.329. The van der Waals surface area contributed by atoms with Crippen LogP contribution in [0.15, 0.2) is 24.7 Å². The fourth-order valence-corrected chi connectivity index (χ4v) is 0.0559. The van der Waals surface area contributed by atoms with Gasteiger partial charge in [0.15, 0.2) is 0 Å². The van der Waals surface area contributed by atoms with Gasteiger partial charge in [0.05, 0.1) is 34.8 Å². The average molecular weight is 173 g/mol. The molecule has 3 N–H and O–H groups in total. The van der Waals surface area contributed by atoms with E-state index in [1.54, 1.807) is 0 Å². The molecule has 0 aliphatic rings. The van der Waals surface area contributed by atoms with E-state index in [0.29, 0.717) is 0 Å². The number of rotatable bonds is 3. The van der Waals surface area contributed by atoms with E-state index in [1.807, 2.05) is 0 Å². The maximum atomic E-state index is 8.51. The molecule has 0 saturated carbocycles. The van der Waals surface area contributed by atoms with Crippen LogP contribution in [0.3, 0.4) is 0 Å². The second-order valence-electron chi connectivity index (χ2n) is 0.710. The first kappa shape index (κ1) is 2.69. The molecule has 0 rings (SSSR count). The summed E-state index contributed by atoms with van der Waals surface area (Å²) in [6.07, 6.45) is 0. The molecule has 0 aromatic carbocycles. The Hall–Kier alpha value is -0.640. The minimum atomic E-state index is -3.10. The minimum Gasteiger partial charge on any atom is -0.392 e. The van der Waals surface area contributed by atoms with Crippen molar-refractivity contribution in [1.29, 1.82) is 0 Å². The molecule has 0 bridgehead atoms. The molecule has 3 nitrogen and oxygen atoms in total. The largest absolute Gasteiger partial charge is 0.392 e. The highest BCUT2D eigenvalue weighted by Crippen LogP contribution is 1.63. The molecule has 3 heteroatoms. The molecule has 0 aliphatic heterocycles. The Morgan fingerprint density at radius 2 is 1.73 bits per heavy atom. The van der Waals surface area contributed by atoms with E-state index in [-0.39, 0.29) is 7.43 Å². The minimum absolute atomic E-state index is 0. The summed E-state index contributed by atoms with van der Waals surface area (Å²) in [6.45, 7) is -10.1. The van der Waals surface area contributed by atoms with Crippen LogP contribution in [0.5, 0.6) is 0 Å². The summed E-state index contributed by atoms with van der Waals surface area (Å²) in [5.74, 6) is 0. The van der Waals surface area contributed by atoms with Gasteiger partial charge >= 0.3 is 0 Å². The zero-order chi connectivity index (χ0) is 17.8. The van der Waals surface area contributed by atoms with Gasteiger partial charge in [0.25, 0.3) is 0 Å². The molecule has 0 aliphatic carbocycles. The van der Waals surface area contributed by atoms with Crippen molar-refractivity contribution >= 4 is 0 Å². The molecule has 68 valence electrons. The molecular weight excluding hydrogens is 144 g/mol. The second kappa shape index (κ2) is 22.8.